The van der Waals surface area contributed by atoms with Crippen molar-refractivity contribution in [2.45, 2.75) is 30.9 Å². The van der Waals surface area contributed by atoms with E-state index in [-0.39, 0.29) is 18.3 Å². The van der Waals surface area contributed by atoms with Crippen LogP contribution in [-0.4, -0.2) is 19.0 Å². The van der Waals surface area contributed by atoms with Crippen LogP contribution in [0.5, 0.6) is 0 Å². The van der Waals surface area contributed by atoms with Crippen molar-refractivity contribution in [1.29, 1.82) is 0 Å². The van der Waals surface area contributed by atoms with Gasteiger partial charge < -0.3 is 11.1 Å². The Bertz CT molecular complexity index is 676. The van der Waals surface area contributed by atoms with Gasteiger partial charge in [0.1, 0.15) is 0 Å². The minimum atomic E-state index is -0.0305. The van der Waals surface area contributed by atoms with Gasteiger partial charge in [0, 0.05) is 22.8 Å². The second kappa shape index (κ2) is 10.4. The monoisotopic (exact) mass is 364 g/mol. The number of carbonyl (C=O) groups is 1. The van der Waals surface area contributed by atoms with Crippen LogP contribution in [0.4, 0.5) is 0 Å². The minimum absolute atomic E-state index is 0. The van der Waals surface area contributed by atoms with Crippen LogP contribution in [0.15, 0.2) is 47.4 Å². The molecule has 1 amide bonds. The molecule has 0 bridgehead atoms. The van der Waals surface area contributed by atoms with Gasteiger partial charge in [-0.3, -0.25) is 4.79 Å². The lowest BCUT2D eigenvalue weighted by Gasteiger charge is -2.09. The molecular weight excluding hydrogens is 340 g/mol. The first-order valence-corrected chi connectivity index (χ1v) is 8.86. The zero-order chi connectivity index (χ0) is 16.7. The Labute approximate surface area is 154 Å². The molecule has 2 aromatic carbocycles. The van der Waals surface area contributed by atoms with Crippen molar-refractivity contribution < 1.29 is 4.79 Å². The van der Waals surface area contributed by atoms with E-state index in [0.29, 0.717) is 18.7 Å². The summed E-state index contributed by atoms with van der Waals surface area (Å²) in [5.41, 5.74) is 9.86. The van der Waals surface area contributed by atoms with Gasteiger partial charge >= 0.3 is 0 Å². The molecule has 0 radical (unpaired) electrons. The molecule has 0 aliphatic carbocycles. The van der Waals surface area contributed by atoms with Gasteiger partial charge in [-0.15, -0.1) is 24.2 Å². The van der Waals surface area contributed by atoms with E-state index in [1.54, 1.807) is 0 Å². The number of carbonyl (C=O) groups excluding carboxylic acids is 1. The highest BCUT2D eigenvalue weighted by molar-refractivity contribution is 7.98. The largest absolute Gasteiger partial charge is 0.352 e. The number of hydrogen-bond acceptors (Lipinski definition) is 3. The summed E-state index contributed by atoms with van der Waals surface area (Å²) < 4.78 is 0. The predicted molar refractivity (Wildman–Crippen MR) is 105 cm³/mol. The zero-order valence-electron chi connectivity index (χ0n) is 14.2. The molecule has 0 aliphatic heterocycles. The van der Waals surface area contributed by atoms with Crippen LogP contribution in [0.2, 0.25) is 0 Å². The summed E-state index contributed by atoms with van der Waals surface area (Å²) in [6.07, 6.45) is 0.800. The molecule has 3 nitrogen and oxygen atoms in total. The van der Waals surface area contributed by atoms with Crippen molar-refractivity contribution in [3.8, 4) is 0 Å². The van der Waals surface area contributed by atoms with Crippen molar-refractivity contribution >= 4 is 30.1 Å². The third-order valence-corrected chi connectivity index (χ3v) is 4.82. The first-order chi connectivity index (χ1) is 11.1. The number of nitrogens with one attached hydrogen (secondary N) is 1. The molecule has 2 aromatic rings. The standard InChI is InChI=1S/C19H24N2OS.ClH/c1-14-7-8-15(2)18(11-14)23-13-16-5-3-6-17(12-16)19(22)21-10-4-9-20;/h3,5-8,11-12H,4,9-10,13,20H2,1-2H3,(H,21,22);1H. The molecule has 130 valence electrons. The van der Waals surface area contributed by atoms with Gasteiger partial charge in [0.25, 0.3) is 5.91 Å². The molecule has 0 fully saturated rings. The second-order valence-electron chi connectivity index (χ2n) is 5.66. The lowest BCUT2D eigenvalue weighted by Crippen LogP contribution is -2.25. The van der Waals surface area contributed by atoms with Crippen molar-refractivity contribution in [3.05, 3.63) is 64.7 Å². The number of aryl methyl sites for hydroxylation is 2. The third kappa shape index (κ3) is 6.19. The number of benzene rings is 2. The van der Waals surface area contributed by atoms with Crippen molar-refractivity contribution in [1.82, 2.24) is 5.32 Å². The van der Waals surface area contributed by atoms with Crippen LogP contribution in [0.25, 0.3) is 0 Å². The van der Waals surface area contributed by atoms with E-state index in [1.165, 1.54) is 16.0 Å². The molecule has 0 aliphatic rings. The van der Waals surface area contributed by atoms with Crippen molar-refractivity contribution in [3.63, 3.8) is 0 Å². The summed E-state index contributed by atoms with van der Waals surface area (Å²) in [4.78, 5) is 13.4. The molecule has 0 aromatic heterocycles. The van der Waals surface area contributed by atoms with E-state index in [4.69, 9.17) is 5.73 Å². The van der Waals surface area contributed by atoms with E-state index in [2.05, 4.69) is 43.4 Å². The smallest absolute Gasteiger partial charge is 0.251 e. The highest BCUT2D eigenvalue weighted by Gasteiger charge is 2.06. The van der Waals surface area contributed by atoms with E-state index >= 15 is 0 Å². The Balaban J connectivity index is 0.00000288. The summed E-state index contributed by atoms with van der Waals surface area (Å²) >= 11 is 1.81. The maximum absolute atomic E-state index is 12.1. The van der Waals surface area contributed by atoms with Gasteiger partial charge in [-0.1, -0.05) is 29.8 Å². The minimum Gasteiger partial charge on any atom is -0.352 e. The average molecular weight is 365 g/mol. The topological polar surface area (TPSA) is 55.1 Å². The fraction of sp³-hybridized carbons (Fsp3) is 0.316. The Morgan fingerprint density at radius 1 is 1.17 bits per heavy atom. The van der Waals surface area contributed by atoms with Crippen LogP contribution in [0.1, 0.15) is 33.5 Å². The molecule has 5 heteroatoms. The molecule has 24 heavy (non-hydrogen) atoms. The van der Waals surface area contributed by atoms with Gasteiger partial charge in [0.05, 0.1) is 0 Å². The molecule has 0 spiro atoms. The second-order valence-corrected chi connectivity index (χ2v) is 6.67. The molecule has 2 rings (SSSR count). The zero-order valence-corrected chi connectivity index (χ0v) is 15.8. The summed E-state index contributed by atoms with van der Waals surface area (Å²) in [5.74, 6) is 0.825. The van der Waals surface area contributed by atoms with Gasteiger partial charge in [0.2, 0.25) is 0 Å². The van der Waals surface area contributed by atoms with Crippen molar-refractivity contribution in [2.75, 3.05) is 13.1 Å². The average Bonchev–Trinajstić information content (AvgIpc) is 2.56. The molecule has 0 atom stereocenters. The highest BCUT2D eigenvalue weighted by atomic mass is 35.5. The first-order valence-electron chi connectivity index (χ1n) is 7.87. The fourth-order valence-electron chi connectivity index (χ4n) is 2.23. The number of halogens is 1. The summed E-state index contributed by atoms with van der Waals surface area (Å²) in [5, 5.41) is 2.89. The summed E-state index contributed by atoms with van der Waals surface area (Å²) in [6, 6.07) is 14.3. The number of rotatable bonds is 7. The quantitative estimate of drug-likeness (QED) is 0.574. The summed E-state index contributed by atoms with van der Waals surface area (Å²) in [6.45, 7) is 5.45. The van der Waals surface area contributed by atoms with Gasteiger partial charge in [0.15, 0.2) is 0 Å². The number of hydrogen-bond donors (Lipinski definition) is 2. The first kappa shape index (κ1) is 20.6. The maximum atomic E-state index is 12.1. The Morgan fingerprint density at radius 2 is 1.96 bits per heavy atom. The van der Waals surface area contributed by atoms with Crippen LogP contribution >= 0.6 is 24.2 Å². The van der Waals surface area contributed by atoms with E-state index in [1.807, 2.05) is 30.0 Å². The van der Waals surface area contributed by atoms with Crippen LogP contribution in [-0.2, 0) is 5.75 Å². The number of nitrogens with two attached hydrogens (primary N) is 1. The molecule has 0 unspecified atom stereocenters. The van der Waals surface area contributed by atoms with E-state index in [9.17, 15) is 4.79 Å². The Morgan fingerprint density at radius 3 is 2.71 bits per heavy atom. The van der Waals surface area contributed by atoms with Crippen LogP contribution < -0.4 is 11.1 Å². The number of thioether (sulfide) groups is 1. The Hall–Kier alpha value is -1.49. The van der Waals surface area contributed by atoms with E-state index in [0.717, 1.165) is 17.7 Å². The predicted octanol–water partition coefficient (Wildman–Crippen LogP) is 4.10. The molecule has 0 saturated heterocycles. The third-order valence-electron chi connectivity index (χ3n) is 3.59. The summed E-state index contributed by atoms with van der Waals surface area (Å²) in [7, 11) is 0. The van der Waals surface area contributed by atoms with E-state index < -0.39 is 0 Å². The lowest BCUT2D eigenvalue weighted by molar-refractivity contribution is 0.0953. The molecule has 0 heterocycles. The van der Waals surface area contributed by atoms with Crippen molar-refractivity contribution in [2.24, 2.45) is 5.73 Å². The van der Waals surface area contributed by atoms with Crippen LogP contribution in [0.3, 0.4) is 0 Å². The van der Waals surface area contributed by atoms with Gasteiger partial charge in [-0.05, 0) is 56.1 Å². The molecule has 0 saturated carbocycles. The molecular formula is C19H25ClN2OS. The van der Waals surface area contributed by atoms with Crippen LogP contribution in [0, 0.1) is 13.8 Å². The highest BCUT2D eigenvalue weighted by Crippen LogP contribution is 2.27. The Kier molecular flexibility index (Phi) is 8.90. The lowest BCUT2D eigenvalue weighted by atomic mass is 10.1. The van der Waals surface area contributed by atoms with Gasteiger partial charge in [-0.25, -0.2) is 0 Å². The molecule has 3 N–H and O–H groups in total. The van der Waals surface area contributed by atoms with Gasteiger partial charge in [-0.2, -0.15) is 0 Å². The SMILES string of the molecule is Cc1ccc(C)c(SCc2cccc(C(=O)NCCCN)c2)c1.Cl. The maximum Gasteiger partial charge on any atom is 0.251 e. The fourth-order valence-corrected chi connectivity index (χ4v) is 3.30. The normalized spacial score (nSPS) is 10.1. The number of amides is 1.